The van der Waals surface area contributed by atoms with Gasteiger partial charge in [-0.05, 0) is 24.1 Å². The highest BCUT2D eigenvalue weighted by Crippen LogP contribution is 2.14. The molecule has 1 aromatic heterocycles. The second-order valence-corrected chi connectivity index (χ2v) is 4.15. The summed E-state index contributed by atoms with van der Waals surface area (Å²) in [7, 11) is 0. The lowest BCUT2D eigenvalue weighted by atomic mass is 10.1. The highest BCUT2D eigenvalue weighted by molar-refractivity contribution is 5.93. The Morgan fingerprint density at radius 1 is 1.33 bits per heavy atom. The van der Waals surface area contributed by atoms with E-state index in [0.29, 0.717) is 12.1 Å². The minimum Gasteiger partial charge on any atom is -0.472 e. The van der Waals surface area contributed by atoms with Gasteiger partial charge in [0.15, 0.2) is 0 Å². The number of benzene rings is 1. The number of amides is 1. The van der Waals surface area contributed by atoms with E-state index >= 15 is 0 Å². The van der Waals surface area contributed by atoms with Crippen molar-refractivity contribution in [2.45, 2.75) is 19.5 Å². The monoisotopic (exact) mass is 244 g/mol. The van der Waals surface area contributed by atoms with E-state index in [1.807, 2.05) is 31.2 Å². The molecule has 0 saturated carbocycles. The first-order valence-electron chi connectivity index (χ1n) is 5.82. The Morgan fingerprint density at radius 3 is 2.61 bits per heavy atom. The molecule has 3 N–H and O–H groups in total. The average Bonchev–Trinajstić information content (AvgIpc) is 2.92. The van der Waals surface area contributed by atoms with Gasteiger partial charge in [-0.25, -0.2) is 0 Å². The van der Waals surface area contributed by atoms with Crippen LogP contribution in [0, 0.1) is 0 Å². The fourth-order valence-corrected chi connectivity index (χ4v) is 1.70. The van der Waals surface area contributed by atoms with Gasteiger partial charge in [0.05, 0.1) is 17.9 Å². The quantitative estimate of drug-likeness (QED) is 0.866. The molecule has 0 fully saturated rings. The highest BCUT2D eigenvalue weighted by Gasteiger charge is 2.11. The molecule has 1 aromatic carbocycles. The fraction of sp³-hybridized carbons (Fsp3) is 0.214. The van der Waals surface area contributed by atoms with Gasteiger partial charge in [-0.1, -0.05) is 24.3 Å². The third kappa shape index (κ3) is 2.78. The van der Waals surface area contributed by atoms with E-state index in [4.69, 9.17) is 10.2 Å². The molecule has 0 saturated heterocycles. The summed E-state index contributed by atoms with van der Waals surface area (Å²) < 4.78 is 4.88. The second-order valence-electron chi connectivity index (χ2n) is 4.15. The number of furan rings is 1. The van der Waals surface area contributed by atoms with Gasteiger partial charge in [0.25, 0.3) is 5.91 Å². The van der Waals surface area contributed by atoms with Crippen LogP contribution in [0.4, 0.5) is 0 Å². The molecule has 2 rings (SSSR count). The van der Waals surface area contributed by atoms with Gasteiger partial charge in [0.2, 0.25) is 0 Å². The van der Waals surface area contributed by atoms with Crippen molar-refractivity contribution in [3.8, 4) is 0 Å². The third-order valence-electron chi connectivity index (χ3n) is 2.85. The second kappa shape index (κ2) is 5.51. The molecule has 1 heterocycles. The van der Waals surface area contributed by atoms with E-state index in [1.165, 1.54) is 12.5 Å². The molecule has 1 atom stereocenters. The van der Waals surface area contributed by atoms with Crippen LogP contribution in [-0.4, -0.2) is 5.91 Å². The summed E-state index contributed by atoms with van der Waals surface area (Å²) in [6.07, 6.45) is 2.91. The van der Waals surface area contributed by atoms with Crippen molar-refractivity contribution in [3.63, 3.8) is 0 Å². The minimum atomic E-state index is -0.140. The summed E-state index contributed by atoms with van der Waals surface area (Å²) in [6.45, 7) is 2.46. The Hall–Kier alpha value is -2.07. The first-order chi connectivity index (χ1) is 8.70. The van der Waals surface area contributed by atoms with Crippen molar-refractivity contribution in [2.24, 2.45) is 5.73 Å². The van der Waals surface area contributed by atoms with Crippen LogP contribution in [0.1, 0.15) is 34.5 Å². The number of carbonyl (C=O) groups excluding carboxylic acids is 1. The van der Waals surface area contributed by atoms with Crippen LogP contribution in [0.25, 0.3) is 0 Å². The zero-order chi connectivity index (χ0) is 13.0. The molecule has 1 unspecified atom stereocenters. The summed E-state index contributed by atoms with van der Waals surface area (Å²) in [5.41, 5.74) is 8.19. The van der Waals surface area contributed by atoms with Gasteiger partial charge in [0.1, 0.15) is 6.26 Å². The summed E-state index contributed by atoms with van der Waals surface area (Å²) in [5.74, 6) is -0.140. The lowest BCUT2D eigenvalue weighted by Gasteiger charge is -2.14. The fourth-order valence-electron chi connectivity index (χ4n) is 1.70. The van der Waals surface area contributed by atoms with E-state index in [-0.39, 0.29) is 11.9 Å². The molecule has 0 radical (unpaired) electrons. The first kappa shape index (κ1) is 12.4. The van der Waals surface area contributed by atoms with E-state index in [2.05, 4.69) is 5.32 Å². The average molecular weight is 244 g/mol. The Bertz CT molecular complexity index is 503. The first-order valence-corrected chi connectivity index (χ1v) is 5.82. The maximum Gasteiger partial charge on any atom is 0.255 e. The molecule has 0 aliphatic rings. The van der Waals surface area contributed by atoms with E-state index in [1.54, 1.807) is 6.07 Å². The Labute approximate surface area is 106 Å². The van der Waals surface area contributed by atoms with Gasteiger partial charge in [0, 0.05) is 6.54 Å². The molecule has 0 aliphatic carbocycles. The molecule has 4 heteroatoms. The number of nitrogens with two attached hydrogens (primary N) is 1. The minimum absolute atomic E-state index is 0.0563. The Kier molecular flexibility index (Phi) is 3.79. The zero-order valence-corrected chi connectivity index (χ0v) is 10.2. The SMILES string of the molecule is CC(NC(=O)c1ccoc1)c1ccc(CN)cc1. The van der Waals surface area contributed by atoms with Crippen molar-refractivity contribution in [1.82, 2.24) is 5.32 Å². The molecule has 0 spiro atoms. The summed E-state index contributed by atoms with van der Waals surface area (Å²) in [6, 6.07) is 9.47. The van der Waals surface area contributed by atoms with E-state index in [9.17, 15) is 4.79 Å². The van der Waals surface area contributed by atoms with Crippen LogP contribution in [-0.2, 0) is 6.54 Å². The molecule has 18 heavy (non-hydrogen) atoms. The smallest absolute Gasteiger partial charge is 0.255 e. The lowest BCUT2D eigenvalue weighted by Crippen LogP contribution is -2.26. The summed E-state index contributed by atoms with van der Waals surface area (Å²) in [4.78, 5) is 11.8. The normalized spacial score (nSPS) is 12.1. The van der Waals surface area contributed by atoms with Gasteiger partial charge >= 0.3 is 0 Å². The molecule has 1 amide bonds. The van der Waals surface area contributed by atoms with Crippen molar-refractivity contribution in [1.29, 1.82) is 0 Å². The predicted molar refractivity (Wildman–Crippen MR) is 68.9 cm³/mol. The number of carbonyl (C=O) groups is 1. The predicted octanol–water partition coefficient (Wildman–Crippen LogP) is 2.23. The topological polar surface area (TPSA) is 68.3 Å². The van der Waals surface area contributed by atoms with E-state index in [0.717, 1.165) is 11.1 Å². The van der Waals surface area contributed by atoms with Crippen molar-refractivity contribution in [2.75, 3.05) is 0 Å². The van der Waals surface area contributed by atoms with E-state index < -0.39 is 0 Å². The van der Waals surface area contributed by atoms with Crippen molar-refractivity contribution < 1.29 is 9.21 Å². The molecule has 0 bridgehead atoms. The van der Waals surface area contributed by atoms with Gasteiger partial charge in [-0.3, -0.25) is 4.79 Å². The number of hydrogen-bond acceptors (Lipinski definition) is 3. The van der Waals surface area contributed by atoms with Gasteiger partial charge < -0.3 is 15.5 Å². The van der Waals surface area contributed by atoms with Crippen LogP contribution in [0.15, 0.2) is 47.3 Å². The van der Waals surface area contributed by atoms with Crippen LogP contribution in [0.2, 0.25) is 0 Å². The number of hydrogen-bond donors (Lipinski definition) is 2. The van der Waals surface area contributed by atoms with Gasteiger partial charge in [-0.2, -0.15) is 0 Å². The maximum absolute atomic E-state index is 11.8. The zero-order valence-electron chi connectivity index (χ0n) is 10.2. The molecular weight excluding hydrogens is 228 g/mol. The lowest BCUT2D eigenvalue weighted by molar-refractivity contribution is 0.0939. The van der Waals surface area contributed by atoms with Crippen LogP contribution in [0.3, 0.4) is 0 Å². The molecule has 94 valence electrons. The molecular formula is C14H16N2O2. The molecule has 4 nitrogen and oxygen atoms in total. The molecule has 2 aromatic rings. The Morgan fingerprint density at radius 2 is 2.06 bits per heavy atom. The third-order valence-corrected chi connectivity index (χ3v) is 2.85. The number of rotatable bonds is 4. The number of nitrogens with one attached hydrogen (secondary N) is 1. The van der Waals surface area contributed by atoms with Crippen molar-refractivity contribution in [3.05, 3.63) is 59.5 Å². The van der Waals surface area contributed by atoms with Crippen molar-refractivity contribution >= 4 is 5.91 Å². The van der Waals surface area contributed by atoms with Crippen LogP contribution in [0.5, 0.6) is 0 Å². The molecule has 0 aliphatic heterocycles. The van der Waals surface area contributed by atoms with Gasteiger partial charge in [-0.15, -0.1) is 0 Å². The largest absolute Gasteiger partial charge is 0.472 e. The Balaban J connectivity index is 2.02. The summed E-state index contributed by atoms with van der Waals surface area (Å²) in [5, 5.41) is 2.91. The standard InChI is InChI=1S/C14H16N2O2/c1-10(12-4-2-11(8-15)3-5-12)16-14(17)13-6-7-18-9-13/h2-7,9-10H,8,15H2,1H3,(H,16,17). The highest BCUT2D eigenvalue weighted by atomic mass is 16.3. The van der Waals surface area contributed by atoms with Crippen LogP contribution < -0.4 is 11.1 Å². The van der Waals surface area contributed by atoms with Crippen LogP contribution >= 0.6 is 0 Å². The summed E-state index contributed by atoms with van der Waals surface area (Å²) >= 11 is 0. The maximum atomic E-state index is 11.8.